The second kappa shape index (κ2) is 5.64. The Balaban J connectivity index is 1.91. The van der Waals surface area contributed by atoms with Gasteiger partial charge in [-0.25, -0.2) is 9.78 Å². The van der Waals surface area contributed by atoms with Crippen LogP contribution in [-0.2, 0) is 6.42 Å². The minimum absolute atomic E-state index is 0.148. The van der Waals surface area contributed by atoms with Gasteiger partial charge in [-0.3, -0.25) is 0 Å². The number of carboxylic acids is 1. The minimum atomic E-state index is -0.973. The lowest BCUT2D eigenvalue weighted by molar-refractivity contribution is 0.0690. The molecular formula is C13H13NO3S. The van der Waals surface area contributed by atoms with Gasteiger partial charge in [-0.15, -0.1) is 11.3 Å². The Kier molecular flexibility index (Phi) is 3.94. The summed E-state index contributed by atoms with van der Waals surface area (Å²) in [5.74, 6) is -0.164. The molecule has 0 aliphatic rings. The van der Waals surface area contributed by atoms with Crippen LogP contribution >= 0.6 is 11.3 Å². The zero-order valence-corrected chi connectivity index (χ0v) is 10.7. The van der Waals surface area contributed by atoms with E-state index in [1.165, 1.54) is 11.3 Å². The average molecular weight is 263 g/mol. The highest BCUT2D eigenvalue weighted by molar-refractivity contribution is 7.11. The molecule has 0 saturated carbocycles. The van der Waals surface area contributed by atoms with E-state index in [9.17, 15) is 4.79 Å². The Labute approximate surface area is 109 Å². The number of benzene rings is 1. The van der Waals surface area contributed by atoms with Crippen LogP contribution in [0.4, 0.5) is 0 Å². The maximum absolute atomic E-state index is 10.8. The van der Waals surface area contributed by atoms with Gasteiger partial charge in [0.05, 0.1) is 11.6 Å². The van der Waals surface area contributed by atoms with Crippen molar-refractivity contribution in [3.8, 4) is 5.75 Å². The molecule has 18 heavy (non-hydrogen) atoms. The lowest BCUT2D eigenvalue weighted by atomic mass is 10.3. The van der Waals surface area contributed by atoms with Gasteiger partial charge in [0.2, 0.25) is 0 Å². The molecule has 1 aromatic carbocycles. The molecular weight excluding hydrogens is 250 g/mol. The second-order valence-electron chi connectivity index (χ2n) is 3.73. The highest BCUT2D eigenvalue weighted by Crippen LogP contribution is 2.18. The predicted octanol–water partition coefficient (Wildman–Crippen LogP) is 2.77. The van der Waals surface area contributed by atoms with Crippen molar-refractivity contribution in [2.24, 2.45) is 0 Å². The molecule has 5 heteroatoms. The number of aryl methyl sites for hydroxylation is 1. The van der Waals surface area contributed by atoms with Gasteiger partial charge in [-0.05, 0) is 19.1 Å². The molecule has 0 radical (unpaired) electrons. The van der Waals surface area contributed by atoms with Crippen molar-refractivity contribution in [3.05, 3.63) is 45.9 Å². The Morgan fingerprint density at radius 1 is 1.39 bits per heavy atom. The van der Waals surface area contributed by atoms with Crippen LogP contribution in [0.2, 0.25) is 0 Å². The fourth-order valence-corrected chi connectivity index (χ4v) is 2.43. The van der Waals surface area contributed by atoms with Crippen LogP contribution in [-0.4, -0.2) is 22.7 Å². The van der Waals surface area contributed by atoms with Crippen LogP contribution in [0.3, 0.4) is 0 Å². The van der Waals surface area contributed by atoms with E-state index in [-0.39, 0.29) is 5.69 Å². The number of carboxylic acid groups (broad SMARTS) is 1. The topological polar surface area (TPSA) is 59.4 Å². The molecule has 1 N–H and O–H groups in total. The molecule has 2 aromatic rings. The third-order valence-corrected chi connectivity index (χ3v) is 3.40. The zero-order chi connectivity index (χ0) is 13.0. The van der Waals surface area contributed by atoms with Crippen LogP contribution < -0.4 is 4.74 Å². The molecule has 94 valence electrons. The number of aromatic nitrogens is 1. The van der Waals surface area contributed by atoms with E-state index >= 15 is 0 Å². The molecule has 4 nitrogen and oxygen atoms in total. The van der Waals surface area contributed by atoms with Gasteiger partial charge in [0.25, 0.3) is 0 Å². The molecule has 1 aromatic heterocycles. The quantitative estimate of drug-likeness (QED) is 0.901. The van der Waals surface area contributed by atoms with E-state index in [1.807, 2.05) is 30.3 Å². The minimum Gasteiger partial charge on any atom is -0.493 e. The van der Waals surface area contributed by atoms with Crippen LogP contribution in [0.5, 0.6) is 5.75 Å². The van der Waals surface area contributed by atoms with Gasteiger partial charge in [-0.1, -0.05) is 18.2 Å². The van der Waals surface area contributed by atoms with Crippen molar-refractivity contribution in [2.45, 2.75) is 13.3 Å². The second-order valence-corrected chi connectivity index (χ2v) is 5.02. The van der Waals surface area contributed by atoms with Crippen molar-refractivity contribution in [3.63, 3.8) is 0 Å². The highest BCUT2D eigenvalue weighted by Gasteiger charge is 2.13. The van der Waals surface area contributed by atoms with E-state index in [4.69, 9.17) is 9.84 Å². The Morgan fingerprint density at radius 2 is 2.11 bits per heavy atom. The predicted molar refractivity (Wildman–Crippen MR) is 69.5 cm³/mol. The summed E-state index contributed by atoms with van der Waals surface area (Å²) < 4.78 is 5.54. The first kappa shape index (κ1) is 12.6. The van der Waals surface area contributed by atoms with Crippen LogP contribution in [0.1, 0.15) is 20.4 Å². The summed E-state index contributed by atoms with van der Waals surface area (Å²) in [5, 5.41) is 9.69. The smallest absolute Gasteiger partial charge is 0.355 e. The molecule has 0 aliphatic heterocycles. The van der Waals surface area contributed by atoms with Crippen LogP contribution in [0.15, 0.2) is 30.3 Å². The fourth-order valence-electron chi connectivity index (χ4n) is 1.53. The maximum Gasteiger partial charge on any atom is 0.355 e. The average Bonchev–Trinajstić information content (AvgIpc) is 2.72. The van der Waals surface area contributed by atoms with Crippen molar-refractivity contribution in [1.29, 1.82) is 0 Å². The number of rotatable bonds is 5. The normalized spacial score (nSPS) is 10.3. The monoisotopic (exact) mass is 263 g/mol. The molecule has 2 rings (SSSR count). The molecule has 0 spiro atoms. The van der Waals surface area contributed by atoms with Gasteiger partial charge in [-0.2, -0.15) is 0 Å². The SMILES string of the molecule is Cc1sc(CCOc2ccccc2)nc1C(=O)O. The molecule has 0 aliphatic carbocycles. The Morgan fingerprint density at radius 3 is 2.72 bits per heavy atom. The number of aromatic carboxylic acids is 1. The number of hydrogen-bond donors (Lipinski definition) is 1. The van der Waals surface area contributed by atoms with E-state index in [0.717, 1.165) is 15.6 Å². The first-order valence-electron chi connectivity index (χ1n) is 5.54. The maximum atomic E-state index is 10.8. The van der Waals surface area contributed by atoms with Crippen molar-refractivity contribution < 1.29 is 14.6 Å². The third kappa shape index (κ3) is 3.07. The highest BCUT2D eigenvalue weighted by atomic mass is 32.1. The number of hydrogen-bond acceptors (Lipinski definition) is 4. The lowest BCUT2D eigenvalue weighted by Crippen LogP contribution is -2.02. The van der Waals surface area contributed by atoms with E-state index in [2.05, 4.69) is 4.98 Å². The van der Waals surface area contributed by atoms with Gasteiger partial charge in [0.1, 0.15) is 5.75 Å². The molecule has 0 saturated heterocycles. The largest absolute Gasteiger partial charge is 0.493 e. The molecule has 0 bridgehead atoms. The Hall–Kier alpha value is -1.88. The van der Waals surface area contributed by atoms with Gasteiger partial charge < -0.3 is 9.84 Å². The number of carbonyl (C=O) groups is 1. The first-order chi connectivity index (χ1) is 8.66. The van der Waals surface area contributed by atoms with E-state index in [1.54, 1.807) is 6.92 Å². The number of nitrogens with zero attached hydrogens (tertiary/aromatic N) is 1. The summed E-state index contributed by atoms with van der Waals surface area (Å²) in [7, 11) is 0. The standard InChI is InChI=1S/C13H13NO3S/c1-9-12(13(15)16)14-11(18-9)7-8-17-10-5-3-2-4-6-10/h2-6H,7-8H2,1H3,(H,15,16). The van der Waals surface area contributed by atoms with Gasteiger partial charge in [0.15, 0.2) is 5.69 Å². The first-order valence-corrected chi connectivity index (χ1v) is 6.36. The van der Waals surface area contributed by atoms with Crippen molar-refractivity contribution in [1.82, 2.24) is 4.98 Å². The summed E-state index contributed by atoms with van der Waals surface area (Å²) in [6.45, 7) is 2.26. The molecule has 0 atom stereocenters. The molecule has 1 heterocycles. The van der Waals surface area contributed by atoms with Crippen molar-refractivity contribution in [2.75, 3.05) is 6.61 Å². The number of ether oxygens (including phenoxy) is 1. The van der Waals surface area contributed by atoms with Crippen molar-refractivity contribution >= 4 is 17.3 Å². The van der Waals surface area contributed by atoms with Crippen LogP contribution in [0.25, 0.3) is 0 Å². The van der Waals surface area contributed by atoms with E-state index < -0.39 is 5.97 Å². The lowest BCUT2D eigenvalue weighted by Gasteiger charge is -2.03. The summed E-state index contributed by atoms with van der Waals surface area (Å²) >= 11 is 1.41. The Bertz CT molecular complexity index is 536. The zero-order valence-electron chi connectivity index (χ0n) is 9.92. The molecule has 0 unspecified atom stereocenters. The summed E-state index contributed by atoms with van der Waals surface area (Å²) in [6, 6.07) is 9.51. The molecule has 0 fully saturated rings. The summed E-state index contributed by atoms with van der Waals surface area (Å²) in [6.07, 6.45) is 0.619. The van der Waals surface area contributed by atoms with Gasteiger partial charge in [0, 0.05) is 11.3 Å². The summed E-state index contributed by atoms with van der Waals surface area (Å²) in [4.78, 5) is 15.7. The van der Waals surface area contributed by atoms with Crippen LogP contribution in [0, 0.1) is 6.92 Å². The summed E-state index contributed by atoms with van der Waals surface area (Å²) in [5.41, 5.74) is 0.148. The van der Waals surface area contributed by atoms with Gasteiger partial charge >= 0.3 is 5.97 Å². The fraction of sp³-hybridized carbons (Fsp3) is 0.231. The molecule has 0 amide bonds. The number of para-hydroxylation sites is 1. The van der Waals surface area contributed by atoms with E-state index in [0.29, 0.717) is 13.0 Å². The number of thiazole rings is 1. The third-order valence-electron chi connectivity index (χ3n) is 2.37.